The first-order chi connectivity index (χ1) is 9.74. The average molecular weight is 382 g/mol. The molecule has 2 aromatic heterocycles. The lowest BCUT2D eigenvalue weighted by Crippen LogP contribution is -2.34. The summed E-state index contributed by atoms with van der Waals surface area (Å²) in [6, 6.07) is 1.99. The number of hydrogen-bond acceptors (Lipinski definition) is 6. The monoisotopic (exact) mass is 381 g/mol. The summed E-state index contributed by atoms with van der Waals surface area (Å²) >= 11 is 3.00. The number of hydrogen-bond donors (Lipinski definition) is 3. The number of halogens is 2. The van der Waals surface area contributed by atoms with E-state index in [-0.39, 0.29) is 42.7 Å². The van der Waals surface area contributed by atoms with Crippen LogP contribution < -0.4 is 10.6 Å². The SMILES string of the molecule is Cl.Cl.O=C(NCC1CNCC1O)c1cnc(-c2ccsc2)s1. The molecule has 3 N–H and O–H groups in total. The Morgan fingerprint density at radius 2 is 2.27 bits per heavy atom. The normalized spacial score (nSPS) is 20.0. The Labute approximate surface area is 149 Å². The Bertz CT molecular complexity index is 592. The fourth-order valence-electron chi connectivity index (χ4n) is 2.14. The lowest BCUT2D eigenvalue weighted by atomic mass is 10.1. The number of β-amino-alcohol motifs (C(OH)–C–C–N with tert-alkyl or cyclic N) is 1. The topological polar surface area (TPSA) is 74.2 Å². The van der Waals surface area contributed by atoms with Gasteiger partial charge < -0.3 is 15.7 Å². The van der Waals surface area contributed by atoms with E-state index in [1.165, 1.54) is 11.3 Å². The smallest absolute Gasteiger partial charge is 0.263 e. The second-order valence-corrected chi connectivity index (χ2v) is 6.55. The van der Waals surface area contributed by atoms with E-state index in [1.807, 2.05) is 16.8 Å². The van der Waals surface area contributed by atoms with Gasteiger partial charge in [0.05, 0.1) is 12.3 Å². The predicted octanol–water partition coefficient (Wildman–Crippen LogP) is 2.03. The maximum Gasteiger partial charge on any atom is 0.263 e. The zero-order valence-electron chi connectivity index (χ0n) is 11.5. The van der Waals surface area contributed by atoms with Crippen LogP contribution in [0, 0.1) is 5.92 Å². The minimum atomic E-state index is -0.377. The molecule has 0 radical (unpaired) electrons. The molecule has 2 atom stereocenters. The van der Waals surface area contributed by atoms with Crippen LogP contribution in [0.1, 0.15) is 9.67 Å². The van der Waals surface area contributed by atoms with E-state index in [2.05, 4.69) is 15.6 Å². The third kappa shape index (κ3) is 4.41. The van der Waals surface area contributed by atoms with Crippen LogP contribution >= 0.6 is 47.5 Å². The molecule has 3 heterocycles. The highest BCUT2D eigenvalue weighted by Crippen LogP contribution is 2.26. The number of carbonyl (C=O) groups is 1. The number of aromatic nitrogens is 1. The first-order valence-corrected chi connectivity index (χ1v) is 8.15. The van der Waals surface area contributed by atoms with Crippen LogP contribution in [0.25, 0.3) is 10.6 Å². The molecule has 2 unspecified atom stereocenters. The van der Waals surface area contributed by atoms with E-state index in [4.69, 9.17) is 0 Å². The Morgan fingerprint density at radius 3 is 2.91 bits per heavy atom. The van der Waals surface area contributed by atoms with Gasteiger partial charge in [-0.15, -0.1) is 36.2 Å². The number of thiazole rings is 1. The van der Waals surface area contributed by atoms with Crippen molar-refractivity contribution < 1.29 is 9.90 Å². The van der Waals surface area contributed by atoms with Gasteiger partial charge in [0.25, 0.3) is 5.91 Å². The van der Waals surface area contributed by atoms with Crippen LogP contribution in [0.4, 0.5) is 0 Å². The average Bonchev–Trinajstić information content (AvgIpc) is 3.17. The van der Waals surface area contributed by atoms with Crippen molar-refractivity contribution in [3.63, 3.8) is 0 Å². The molecule has 0 saturated carbocycles. The van der Waals surface area contributed by atoms with Crippen LogP contribution in [0.5, 0.6) is 0 Å². The highest BCUT2D eigenvalue weighted by molar-refractivity contribution is 7.17. The minimum Gasteiger partial charge on any atom is -0.391 e. The maximum absolute atomic E-state index is 12.1. The lowest BCUT2D eigenvalue weighted by molar-refractivity contribution is 0.0931. The zero-order valence-corrected chi connectivity index (χ0v) is 14.8. The van der Waals surface area contributed by atoms with Gasteiger partial charge in [-0.3, -0.25) is 4.79 Å². The maximum atomic E-state index is 12.1. The zero-order chi connectivity index (χ0) is 13.9. The van der Waals surface area contributed by atoms with E-state index in [1.54, 1.807) is 17.5 Å². The van der Waals surface area contributed by atoms with E-state index >= 15 is 0 Å². The van der Waals surface area contributed by atoms with Crippen molar-refractivity contribution in [3.05, 3.63) is 27.9 Å². The lowest BCUT2D eigenvalue weighted by Gasteiger charge is -2.13. The van der Waals surface area contributed by atoms with Gasteiger partial charge in [-0.2, -0.15) is 11.3 Å². The number of nitrogens with one attached hydrogen (secondary N) is 2. The van der Waals surface area contributed by atoms with E-state index < -0.39 is 0 Å². The summed E-state index contributed by atoms with van der Waals surface area (Å²) in [5, 5.41) is 20.5. The first-order valence-electron chi connectivity index (χ1n) is 6.39. The van der Waals surface area contributed by atoms with Crippen molar-refractivity contribution in [2.45, 2.75) is 6.10 Å². The number of amides is 1. The Morgan fingerprint density at radius 1 is 1.45 bits per heavy atom. The number of carbonyl (C=O) groups excluding carboxylic acids is 1. The van der Waals surface area contributed by atoms with Crippen molar-refractivity contribution in [3.8, 4) is 10.6 Å². The van der Waals surface area contributed by atoms with Crippen LogP contribution in [0.2, 0.25) is 0 Å². The van der Waals surface area contributed by atoms with Crippen molar-refractivity contribution in [2.75, 3.05) is 19.6 Å². The third-order valence-corrected chi connectivity index (χ3v) is 5.05. The van der Waals surface area contributed by atoms with Gasteiger partial charge in [0.2, 0.25) is 0 Å². The predicted molar refractivity (Wildman–Crippen MR) is 94.6 cm³/mol. The summed E-state index contributed by atoms with van der Waals surface area (Å²) in [5.74, 6) is -0.0358. The molecule has 3 rings (SSSR count). The molecule has 2 aromatic rings. The third-order valence-electron chi connectivity index (χ3n) is 3.33. The summed E-state index contributed by atoms with van der Waals surface area (Å²) < 4.78 is 0. The number of nitrogens with zero attached hydrogens (tertiary/aromatic N) is 1. The molecule has 1 aliphatic rings. The molecule has 22 heavy (non-hydrogen) atoms. The molecule has 9 heteroatoms. The summed E-state index contributed by atoms with van der Waals surface area (Å²) in [5.41, 5.74) is 1.05. The van der Waals surface area contributed by atoms with Gasteiger partial charge in [-0.25, -0.2) is 4.98 Å². The van der Waals surface area contributed by atoms with Crippen molar-refractivity contribution in [1.29, 1.82) is 0 Å². The number of thiophene rings is 1. The molecule has 0 aromatic carbocycles. The largest absolute Gasteiger partial charge is 0.391 e. The van der Waals surface area contributed by atoms with Gasteiger partial charge in [0.1, 0.15) is 9.88 Å². The molecule has 0 aliphatic carbocycles. The summed E-state index contributed by atoms with van der Waals surface area (Å²) in [6.07, 6.45) is 1.23. The minimum absolute atomic E-state index is 0. The van der Waals surface area contributed by atoms with Gasteiger partial charge in [0.15, 0.2) is 0 Å². The molecule has 1 saturated heterocycles. The molecular formula is C13H17Cl2N3O2S2. The van der Waals surface area contributed by atoms with E-state index in [9.17, 15) is 9.90 Å². The number of rotatable bonds is 4. The van der Waals surface area contributed by atoms with Crippen LogP contribution in [0.3, 0.4) is 0 Å². The second kappa shape index (κ2) is 8.81. The van der Waals surface area contributed by atoms with Gasteiger partial charge in [-0.05, 0) is 11.4 Å². The Hall–Kier alpha value is -0.700. The quantitative estimate of drug-likeness (QED) is 0.757. The van der Waals surface area contributed by atoms with Crippen LogP contribution in [0.15, 0.2) is 23.0 Å². The highest BCUT2D eigenvalue weighted by Gasteiger charge is 2.25. The van der Waals surface area contributed by atoms with Gasteiger partial charge in [-0.1, -0.05) is 0 Å². The van der Waals surface area contributed by atoms with Crippen molar-refractivity contribution in [1.82, 2.24) is 15.6 Å². The van der Waals surface area contributed by atoms with Crippen molar-refractivity contribution >= 4 is 53.4 Å². The van der Waals surface area contributed by atoms with Crippen molar-refractivity contribution in [2.24, 2.45) is 5.92 Å². The molecule has 1 amide bonds. The summed E-state index contributed by atoms with van der Waals surface area (Å²) in [4.78, 5) is 16.9. The van der Waals surface area contributed by atoms with E-state index in [0.29, 0.717) is 18.0 Å². The summed E-state index contributed by atoms with van der Waals surface area (Å²) in [6.45, 7) is 1.83. The van der Waals surface area contributed by atoms with Gasteiger partial charge >= 0.3 is 0 Å². The Kier molecular flexibility index (Phi) is 7.75. The van der Waals surface area contributed by atoms with Crippen LogP contribution in [-0.4, -0.2) is 41.7 Å². The molecule has 1 fully saturated rings. The Balaban J connectivity index is 0.00000121. The fraction of sp³-hybridized carbons (Fsp3) is 0.385. The number of aliphatic hydroxyl groups is 1. The standard InChI is InChI=1S/C13H15N3O2S2.2ClH/c17-10-5-14-3-9(10)4-15-12(18)11-6-16-13(20-11)8-1-2-19-7-8;;/h1-2,6-7,9-10,14,17H,3-5H2,(H,15,18);2*1H. The first kappa shape index (κ1) is 19.3. The van der Waals surface area contributed by atoms with Gasteiger partial charge in [0, 0.05) is 36.5 Å². The highest BCUT2D eigenvalue weighted by atomic mass is 35.5. The van der Waals surface area contributed by atoms with E-state index in [0.717, 1.165) is 17.1 Å². The molecular weight excluding hydrogens is 365 g/mol. The molecule has 0 spiro atoms. The second-order valence-electron chi connectivity index (χ2n) is 4.74. The fourth-order valence-corrected chi connectivity index (χ4v) is 3.68. The molecule has 5 nitrogen and oxygen atoms in total. The molecule has 0 bridgehead atoms. The molecule has 1 aliphatic heterocycles. The van der Waals surface area contributed by atoms with Crippen LogP contribution in [-0.2, 0) is 0 Å². The summed E-state index contributed by atoms with van der Waals surface area (Å²) in [7, 11) is 0. The molecule has 122 valence electrons. The number of aliphatic hydroxyl groups excluding tert-OH is 1.